The summed E-state index contributed by atoms with van der Waals surface area (Å²) in [7, 11) is 0. The summed E-state index contributed by atoms with van der Waals surface area (Å²) in [5, 5.41) is 4.23. The lowest BCUT2D eigenvalue weighted by molar-refractivity contribution is 0.225. The van der Waals surface area contributed by atoms with Crippen molar-refractivity contribution in [1.82, 2.24) is 0 Å². The van der Waals surface area contributed by atoms with Crippen LogP contribution in [0.1, 0.15) is 117 Å². The Kier molecular flexibility index (Phi) is 16.2. The summed E-state index contributed by atoms with van der Waals surface area (Å²) in [4.78, 5) is 0. The van der Waals surface area contributed by atoms with Crippen LogP contribution in [-0.4, -0.2) is 6.61 Å². The van der Waals surface area contributed by atoms with Crippen molar-refractivity contribution in [2.24, 2.45) is 5.92 Å². The molecule has 1 aromatic heterocycles. The Morgan fingerprint density at radius 2 is 1.23 bits per heavy atom. The van der Waals surface area contributed by atoms with E-state index in [0.29, 0.717) is 0 Å². The van der Waals surface area contributed by atoms with E-state index in [0.717, 1.165) is 18.3 Å². The lowest BCUT2D eigenvalue weighted by atomic mass is 9.94. The van der Waals surface area contributed by atoms with Crippen LogP contribution in [0.25, 0.3) is 0 Å². The summed E-state index contributed by atoms with van der Waals surface area (Å²) in [5.74, 6) is 1.82. The van der Waals surface area contributed by atoms with Crippen LogP contribution >= 0.6 is 11.3 Å². The fraction of sp³-hybridized carbons (Fsp3) is 0.833. The quantitative estimate of drug-likeness (QED) is 0.217. The van der Waals surface area contributed by atoms with E-state index >= 15 is 0 Å². The van der Waals surface area contributed by atoms with Gasteiger partial charge in [0.25, 0.3) is 0 Å². The first-order valence-corrected chi connectivity index (χ1v) is 12.5. The Hall–Kier alpha value is -0.500. The summed E-state index contributed by atoms with van der Waals surface area (Å²) >= 11 is 1.73. The van der Waals surface area contributed by atoms with Gasteiger partial charge in [-0.05, 0) is 30.2 Å². The molecule has 0 saturated carbocycles. The van der Waals surface area contributed by atoms with Crippen molar-refractivity contribution in [2.75, 3.05) is 6.61 Å². The second-order valence-electron chi connectivity index (χ2n) is 7.96. The molecule has 0 N–H and O–H groups in total. The third kappa shape index (κ3) is 13.7. The number of ether oxygens (including phenoxy) is 1. The number of unbranched alkanes of at least 4 members (excludes halogenated alkanes) is 12. The molecule has 0 aliphatic heterocycles. The van der Waals surface area contributed by atoms with Crippen molar-refractivity contribution in [3.8, 4) is 5.75 Å². The molecule has 1 unspecified atom stereocenters. The van der Waals surface area contributed by atoms with Crippen LogP contribution in [0.15, 0.2) is 16.8 Å². The molecule has 0 spiro atoms. The zero-order chi connectivity index (χ0) is 18.7. The standard InChI is InChI=1S/C24H44OS/c1-3-5-7-9-11-12-14-16-18-23(17-15-13-10-8-6-4-2)21-25-24-19-20-26-22-24/h19-20,22-23H,3-18,21H2,1-2H3. The molecular weight excluding hydrogens is 336 g/mol. The van der Waals surface area contributed by atoms with Gasteiger partial charge in [0, 0.05) is 5.38 Å². The van der Waals surface area contributed by atoms with Gasteiger partial charge in [0.15, 0.2) is 0 Å². The predicted molar refractivity (Wildman–Crippen MR) is 119 cm³/mol. The van der Waals surface area contributed by atoms with E-state index in [2.05, 4.69) is 30.7 Å². The summed E-state index contributed by atoms with van der Waals surface area (Å²) < 4.78 is 6.04. The van der Waals surface area contributed by atoms with Crippen molar-refractivity contribution in [2.45, 2.75) is 117 Å². The second-order valence-corrected chi connectivity index (χ2v) is 8.74. The molecule has 0 saturated heterocycles. The Balaban J connectivity index is 2.13. The van der Waals surface area contributed by atoms with E-state index in [9.17, 15) is 0 Å². The minimum Gasteiger partial charge on any atom is -0.492 e. The fourth-order valence-electron chi connectivity index (χ4n) is 3.64. The van der Waals surface area contributed by atoms with Gasteiger partial charge in [-0.2, -0.15) is 0 Å². The smallest absolute Gasteiger partial charge is 0.129 e. The molecule has 0 radical (unpaired) electrons. The third-order valence-electron chi connectivity index (χ3n) is 5.41. The van der Waals surface area contributed by atoms with E-state index in [1.54, 1.807) is 11.3 Å². The first kappa shape index (κ1) is 23.5. The highest BCUT2D eigenvalue weighted by molar-refractivity contribution is 7.08. The van der Waals surface area contributed by atoms with Crippen LogP contribution < -0.4 is 4.74 Å². The second kappa shape index (κ2) is 17.9. The molecule has 0 aliphatic carbocycles. The fourth-order valence-corrected chi connectivity index (χ4v) is 4.21. The van der Waals surface area contributed by atoms with Crippen LogP contribution in [-0.2, 0) is 0 Å². The molecular formula is C24H44OS. The van der Waals surface area contributed by atoms with Gasteiger partial charge in [-0.1, -0.05) is 104 Å². The summed E-state index contributed by atoms with van der Waals surface area (Å²) in [6.45, 7) is 5.51. The Morgan fingerprint density at radius 3 is 1.69 bits per heavy atom. The van der Waals surface area contributed by atoms with Gasteiger partial charge in [0.2, 0.25) is 0 Å². The minimum atomic E-state index is 0.751. The molecule has 152 valence electrons. The molecule has 0 aromatic carbocycles. The highest BCUT2D eigenvalue weighted by Gasteiger charge is 2.10. The average molecular weight is 381 g/mol. The lowest BCUT2D eigenvalue weighted by Crippen LogP contribution is -2.12. The highest BCUT2D eigenvalue weighted by atomic mass is 32.1. The van der Waals surface area contributed by atoms with Crippen molar-refractivity contribution in [3.63, 3.8) is 0 Å². The predicted octanol–water partition coefficient (Wildman–Crippen LogP) is 9.02. The highest BCUT2D eigenvalue weighted by Crippen LogP contribution is 2.22. The largest absolute Gasteiger partial charge is 0.492 e. The third-order valence-corrected chi connectivity index (χ3v) is 6.07. The van der Waals surface area contributed by atoms with Gasteiger partial charge in [-0.15, -0.1) is 11.3 Å². The first-order valence-electron chi connectivity index (χ1n) is 11.5. The molecule has 1 rings (SSSR count). The lowest BCUT2D eigenvalue weighted by Gasteiger charge is -2.17. The Morgan fingerprint density at radius 1 is 0.731 bits per heavy atom. The van der Waals surface area contributed by atoms with E-state index in [-0.39, 0.29) is 0 Å². The molecule has 0 amide bonds. The van der Waals surface area contributed by atoms with E-state index in [1.807, 2.05) is 0 Å². The molecule has 1 atom stereocenters. The number of hydrogen-bond acceptors (Lipinski definition) is 2. The van der Waals surface area contributed by atoms with Crippen LogP contribution in [0, 0.1) is 5.92 Å². The van der Waals surface area contributed by atoms with E-state index < -0.39 is 0 Å². The van der Waals surface area contributed by atoms with Gasteiger partial charge in [0.05, 0.1) is 6.61 Å². The molecule has 0 aliphatic rings. The molecule has 2 heteroatoms. The van der Waals surface area contributed by atoms with E-state index in [1.165, 1.54) is 103 Å². The normalized spacial score (nSPS) is 12.4. The SMILES string of the molecule is CCCCCCCCCCC(CCCCCCCC)COc1ccsc1. The van der Waals surface area contributed by atoms with Gasteiger partial charge in [-0.3, -0.25) is 0 Å². The topological polar surface area (TPSA) is 9.23 Å². The van der Waals surface area contributed by atoms with Gasteiger partial charge >= 0.3 is 0 Å². The molecule has 26 heavy (non-hydrogen) atoms. The summed E-state index contributed by atoms with van der Waals surface area (Å²) in [6.07, 6.45) is 22.4. The van der Waals surface area contributed by atoms with Crippen molar-refractivity contribution >= 4 is 11.3 Å². The molecule has 1 aromatic rings. The minimum absolute atomic E-state index is 0.751. The Bertz CT molecular complexity index is 374. The summed E-state index contributed by atoms with van der Waals surface area (Å²) in [5.41, 5.74) is 0. The number of thiophene rings is 1. The maximum atomic E-state index is 6.04. The van der Waals surface area contributed by atoms with Crippen LogP contribution in [0.2, 0.25) is 0 Å². The maximum Gasteiger partial charge on any atom is 0.129 e. The monoisotopic (exact) mass is 380 g/mol. The first-order chi connectivity index (χ1) is 12.9. The van der Waals surface area contributed by atoms with Crippen LogP contribution in [0.5, 0.6) is 5.75 Å². The van der Waals surface area contributed by atoms with Crippen molar-refractivity contribution < 1.29 is 4.74 Å². The van der Waals surface area contributed by atoms with Gasteiger partial charge < -0.3 is 4.74 Å². The van der Waals surface area contributed by atoms with Crippen molar-refractivity contribution in [1.29, 1.82) is 0 Å². The molecule has 0 bridgehead atoms. The Labute approximate surface area is 167 Å². The van der Waals surface area contributed by atoms with Crippen molar-refractivity contribution in [3.05, 3.63) is 16.8 Å². The number of hydrogen-bond donors (Lipinski definition) is 0. The van der Waals surface area contributed by atoms with Crippen LogP contribution in [0.4, 0.5) is 0 Å². The van der Waals surface area contributed by atoms with Gasteiger partial charge in [0.1, 0.15) is 5.75 Å². The zero-order valence-corrected chi connectivity index (χ0v) is 18.5. The molecule has 1 nitrogen and oxygen atoms in total. The number of rotatable bonds is 19. The van der Waals surface area contributed by atoms with E-state index in [4.69, 9.17) is 4.74 Å². The average Bonchev–Trinajstić information content (AvgIpc) is 3.17. The van der Waals surface area contributed by atoms with Gasteiger partial charge in [-0.25, -0.2) is 0 Å². The zero-order valence-electron chi connectivity index (χ0n) is 17.6. The summed E-state index contributed by atoms with van der Waals surface area (Å²) in [6, 6.07) is 2.10. The molecule has 1 heterocycles. The maximum absolute atomic E-state index is 6.04. The molecule has 0 fully saturated rings. The van der Waals surface area contributed by atoms with Crippen LogP contribution in [0.3, 0.4) is 0 Å².